The number of amides is 1. The van der Waals surface area contributed by atoms with Gasteiger partial charge in [-0.05, 0) is 31.6 Å². The first-order valence-corrected chi connectivity index (χ1v) is 8.12. The average Bonchev–Trinajstić information content (AvgIpc) is 2.79. The lowest BCUT2D eigenvalue weighted by Crippen LogP contribution is -2.42. The van der Waals surface area contributed by atoms with Crippen LogP contribution in [-0.2, 0) is 9.53 Å². The Bertz CT molecular complexity index is 319. The lowest BCUT2D eigenvalue weighted by molar-refractivity contribution is -0.122. The number of nitrogens with zero attached hydrogens (tertiary/aromatic N) is 1. The average molecular weight is 281 g/mol. The van der Waals surface area contributed by atoms with Gasteiger partial charge in [0.05, 0.1) is 13.2 Å². The summed E-state index contributed by atoms with van der Waals surface area (Å²) in [6, 6.07) is 1.36. The monoisotopic (exact) mass is 281 g/mol. The molecule has 5 nitrogen and oxygen atoms in total. The number of morpholine rings is 1. The number of rotatable bonds is 5. The van der Waals surface area contributed by atoms with Crippen molar-refractivity contribution in [2.75, 3.05) is 39.4 Å². The van der Waals surface area contributed by atoms with Gasteiger partial charge in [-0.2, -0.15) is 0 Å². The van der Waals surface area contributed by atoms with Gasteiger partial charge in [-0.15, -0.1) is 0 Å². The number of fused-ring (bicyclic) bond motifs is 2. The van der Waals surface area contributed by atoms with E-state index in [0.29, 0.717) is 18.0 Å². The Labute approximate surface area is 121 Å². The minimum absolute atomic E-state index is 0.240. The molecule has 2 bridgehead atoms. The van der Waals surface area contributed by atoms with E-state index in [0.717, 1.165) is 45.8 Å². The smallest absolute Gasteiger partial charge is 0.220 e. The summed E-state index contributed by atoms with van der Waals surface area (Å²) >= 11 is 0. The molecular weight excluding hydrogens is 254 g/mol. The van der Waals surface area contributed by atoms with Crippen molar-refractivity contribution in [2.45, 2.75) is 44.2 Å². The highest BCUT2D eigenvalue weighted by Gasteiger charge is 2.34. The van der Waals surface area contributed by atoms with Gasteiger partial charge in [0, 0.05) is 44.7 Å². The summed E-state index contributed by atoms with van der Waals surface area (Å²) in [5, 5.41) is 6.71. The molecule has 0 aliphatic carbocycles. The molecule has 0 spiro atoms. The molecule has 114 valence electrons. The van der Waals surface area contributed by atoms with E-state index in [1.54, 1.807) is 0 Å². The van der Waals surface area contributed by atoms with E-state index in [2.05, 4.69) is 15.5 Å². The minimum atomic E-state index is 0.240. The highest BCUT2D eigenvalue weighted by Crippen LogP contribution is 2.32. The summed E-state index contributed by atoms with van der Waals surface area (Å²) in [5.41, 5.74) is 0. The van der Waals surface area contributed by atoms with Gasteiger partial charge in [0.15, 0.2) is 0 Å². The third-order valence-corrected chi connectivity index (χ3v) is 4.90. The third-order valence-electron chi connectivity index (χ3n) is 4.90. The summed E-state index contributed by atoms with van der Waals surface area (Å²) in [4.78, 5) is 14.4. The molecule has 2 atom stereocenters. The highest BCUT2D eigenvalue weighted by molar-refractivity contribution is 5.76. The molecule has 3 rings (SSSR count). The Kier molecular flexibility index (Phi) is 4.91. The van der Waals surface area contributed by atoms with Crippen LogP contribution in [0, 0.1) is 5.92 Å². The van der Waals surface area contributed by atoms with E-state index in [1.807, 2.05) is 0 Å². The van der Waals surface area contributed by atoms with Crippen molar-refractivity contribution < 1.29 is 9.53 Å². The zero-order valence-electron chi connectivity index (χ0n) is 12.3. The Morgan fingerprint density at radius 2 is 1.90 bits per heavy atom. The van der Waals surface area contributed by atoms with Crippen molar-refractivity contribution in [1.29, 1.82) is 0 Å². The molecule has 3 heterocycles. The third kappa shape index (κ3) is 3.93. The normalized spacial score (nSPS) is 34.1. The van der Waals surface area contributed by atoms with Crippen LogP contribution in [0.5, 0.6) is 0 Å². The molecule has 0 aromatic heterocycles. The zero-order chi connectivity index (χ0) is 13.8. The van der Waals surface area contributed by atoms with Crippen molar-refractivity contribution in [3.63, 3.8) is 0 Å². The first-order valence-electron chi connectivity index (χ1n) is 8.12. The first kappa shape index (κ1) is 14.3. The number of hydrogen-bond donors (Lipinski definition) is 2. The standard InChI is InChI=1S/C15H27N3O2/c19-15(16-3-4-18-5-7-20-8-6-18)11-12-9-13-1-2-14(10-12)17-13/h12-14,17H,1-11H2,(H,16,19). The molecule has 3 saturated heterocycles. The molecule has 3 aliphatic rings. The second kappa shape index (κ2) is 6.87. The van der Waals surface area contributed by atoms with Crippen LogP contribution in [0.3, 0.4) is 0 Å². The van der Waals surface area contributed by atoms with E-state index in [-0.39, 0.29) is 5.91 Å². The number of piperidine rings is 1. The van der Waals surface area contributed by atoms with Crippen molar-refractivity contribution in [3.8, 4) is 0 Å². The SMILES string of the molecule is O=C(CC1CC2CCC(C1)N2)NCCN1CCOCC1. The molecule has 3 aliphatic heterocycles. The summed E-state index contributed by atoms with van der Waals surface area (Å²) in [5.74, 6) is 0.835. The maximum absolute atomic E-state index is 12.0. The predicted octanol–water partition coefficient (Wildman–Crippen LogP) is 0.356. The molecule has 5 heteroatoms. The second-order valence-corrected chi connectivity index (χ2v) is 6.48. The maximum atomic E-state index is 12.0. The fourth-order valence-corrected chi connectivity index (χ4v) is 3.85. The van der Waals surface area contributed by atoms with Gasteiger partial charge >= 0.3 is 0 Å². The van der Waals surface area contributed by atoms with Crippen LogP contribution in [0.25, 0.3) is 0 Å². The van der Waals surface area contributed by atoms with Crippen LogP contribution in [0.1, 0.15) is 32.1 Å². The van der Waals surface area contributed by atoms with Crippen molar-refractivity contribution in [1.82, 2.24) is 15.5 Å². The van der Waals surface area contributed by atoms with Crippen molar-refractivity contribution >= 4 is 5.91 Å². The van der Waals surface area contributed by atoms with Gasteiger partial charge in [-0.3, -0.25) is 9.69 Å². The van der Waals surface area contributed by atoms with Gasteiger partial charge in [0.2, 0.25) is 5.91 Å². The lowest BCUT2D eigenvalue weighted by atomic mass is 9.89. The quantitative estimate of drug-likeness (QED) is 0.764. The molecule has 0 aromatic rings. The fourth-order valence-electron chi connectivity index (χ4n) is 3.85. The number of hydrogen-bond acceptors (Lipinski definition) is 4. The summed E-state index contributed by atoms with van der Waals surface area (Å²) in [6.07, 6.45) is 5.71. The molecule has 1 amide bonds. The van der Waals surface area contributed by atoms with E-state index in [1.165, 1.54) is 25.7 Å². The number of ether oxygens (including phenoxy) is 1. The molecule has 2 N–H and O–H groups in total. The molecule has 2 unspecified atom stereocenters. The highest BCUT2D eigenvalue weighted by atomic mass is 16.5. The van der Waals surface area contributed by atoms with E-state index in [4.69, 9.17) is 4.74 Å². The van der Waals surface area contributed by atoms with Crippen LogP contribution in [0.2, 0.25) is 0 Å². The predicted molar refractivity (Wildman–Crippen MR) is 77.6 cm³/mol. The Balaban J connectivity index is 1.31. The minimum Gasteiger partial charge on any atom is -0.379 e. The number of nitrogens with one attached hydrogen (secondary N) is 2. The molecule has 20 heavy (non-hydrogen) atoms. The maximum Gasteiger partial charge on any atom is 0.220 e. The molecule has 3 fully saturated rings. The van der Waals surface area contributed by atoms with Crippen LogP contribution in [-0.4, -0.2) is 62.3 Å². The van der Waals surface area contributed by atoms with E-state index >= 15 is 0 Å². The van der Waals surface area contributed by atoms with Gasteiger partial charge in [0.1, 0.15) is 0 Å². The number of carbonyl (C=O) groups excluding carboxylic acids is 1. The Morgan fingerprint density at radius 3 is 2.60 bits per heavy atom. The largest absolute Gasteiger partial charge is 0.379 e. The van der Waals surface area contributed by atoms with Crippen LogP contribution in [0.4, 0.5) is 0 Å². The lowest BCUT2D eigenvalue weighted by Gasteiger charge is -2.29. The first-order chi connectivity index (χ1) is 9.79. The van der Waals surface area contributed by atoms with Gasteiger partial charge in [-0.25, -0.2) is 0 Å². The van der Waals surface area contributed by atoms with Gasteiger partial charge in [-0.1, -0.05) is 0 Å². The molecular formula is C15H27N3O2. The van der Waals surface area contributed by atoms with Crippen molar-refractivity contribution in [2.24, 2.45) is 5.92 Å². The molecule has 0 saturated carbocycles. The second-order valence-electron chi connectivity index (χ2n) is 6.48. The van der Waals surface area contributed by atoms with Crippen LogP contribution in [0.15, 0.2) is 0 Å². The summed E-state index contributed by atoms with van der Waals surface area (Å²) < 4.78 is 5.32. The van der Waals surface area contributed by atoms with Crippen molar-refractivity contribution in [3.05, 3.63) is 0 Å². The van der Waals surface area contributed by atoms with E-state index in [9.17, 15) is 4.79 Å². The molecule has 0 radical (unpaired) electrons. The van der Waals surface area contributed by atoms with E-state index < -0.39 is 0 Å². The summed E-state index contributed by atoms with van der Waals surface area (Å²) in [6.45, 7) is 5.36. The molecule has 0 aromatic carbocycles. The fraction of sp³-hybridized carbons (Fsp3) is 0.933. The summed E-state index contributed by atoms with van der Waals surface area (Å²) in [7, 11) is 0. The van der Waals surface area contributed by atoms with Crippen LogP contribution >= 0.6 is 0 Å². The zero-order valence-corrected chi connectivity index (χ0v) is 12.3. The Hall–Kier alpha value is -0.650. The van der Waals surface area contributed by atoms with Gasteiger partial charge < -0.3 is 15.4 Å². The number of carbonyl (C=O) groups is 1. The van der Waals surface area contributed by atoms with Crippen LogP contribution < -0.4 is 10.6 Å². The van der Waals surface area contributed by atoms with Gasteiger partial charge in [0.25, 0.3) is 0 Å². The Morgan fingerprint density at radius 1 is 1.20 bits per heavy atom. The topological polar surface area (TPSA) is 53.6 Å².